The third kappa shape index (κ3) is 3.34. The molecule has 4 N–H and O–H groups in total. The van der Waals surface area contributed by atoms with Crippen molar-refractivity contribution < 1.29 is 30.2 Å². The van der Waals surface area contributed by atoms with Gasteiger partial charge in [-0.2, -0.15) is 20.9 Å². The van der Waals surface area contributed by atoms with Crippen molar-refractivity contribution in [1.29, 1.82) is 0 Å². The molecule has 0 aliphatic carbocycles. The molecule has 0 aromatic heterocycles. The molecule has 3 rings (SSSR count). The zero-order valence-corrected chi connectivity index (χ0v) is 16.3. The molecule has 1 heterocycles. The van der Waals surface area contributed by atoms with Crippen LogP contribution in [0.2, 0.25) is 5.02 Å². The van der Waals surface area contributed by atoms with Gasteiger partial charge < -0.3 is 10.9 Å². The molecular formula is C15H14ClN3O7S2. The number of nitrogen functional groups attached to an aromatic ring is 1. The molecule has 2 unspecified atom stereocenters. The number of halogens is 1. The van der Waals surface area contributed by atoms with E-state index in [2.05, 4.69) is 5.32 Å². The minimum Gasteiger partial charge on any atom is -0.607 e. The predicted molar refractivity (Wildman–Crippen MR) is 101 cm³/mol. The second-order valence-electron chi connectivity index (χ2n) is 6.07. The number of benzene rings is 2. The van der Waals surface area contributed by atoms with Crippen LogP contribution in [0, 0.1) is 5.21 Å². The van der Waals surface area contributed by atoms with E-state index in [9.17, 15) is 31.4 Å². The second-order valence-corrected chi connectivity index (χ2v) is 9.97. The van der Waals surface area contributed by atoms with Gasteiger partial charge in [-0.1, -0.05) is 17.7 Å². The number of sulfonamides is 1. The lowest BCUT2D eigenvalue weighted by atomic mass is 10.0. The first kappa shape index (κ1) is 20.5. The van der Waals surface area contributed by atoms with Gasteiger partial charge in [0.05, 0.1) is 5.69 Å². The number of quaternary nitrogens is 1. The fraction of sp³-hybridized carbons (Fsp3) is 0.133. The zero-order valence-electron chi connectivity index (χ0n) is 13.9. The number of hydrogen-bond acceptors (Lipinski definition) is 7. The van der Waals surface area contributed by atoms with Crippen LogP contribution < -0.4 is 11.1 Å². The molecule has 0 radical (unpaired) electrons. The summed E-state index contributed by atoms with van der Waals surface area (Å²) in [6, 6.07) is 4.87. The van der Waals surface area contributed by atoms with E-state index in [1.54, 1.807) is 0 Å². The van der Waals surface area contributed by atoms with Crippen molar-refractivity contribution in [2.45, 2.75) is 10.9 Å². The maximum atomic E-state index is 13.5. The summed E-state index contributed by atoms with van der Waals surface area (Å²) < 4.78 is 55.9. The first-order valence-corrected chi connectivity index (χ1v) is 11.1. The Balaban J connectivity index is 2.29. The van der Waals surface area contributed by atoms with Crippen molar-refractivity contribution in [3.63, 3.8) is 0 Å². The van der Waals surface area contributed by atoms with Crippen molar-refractivity contribution in [2.24, 2.45) is 0 Å². The number of nitrogens with two attached hydrogens (primary N) is 1. The SMILES string of the molecule is Nc1cccc(S(=O)(=O)[N+]2([O-])C(=O)Nc3cc(Cl)ccc3C2CS(=O)(=O)O)c1. The average Bonchev–Trinajstić information content (AvgIpc) is 2.57. The largest absolute Gasteiger partial charge is 0.607 e. The number of hydroxylamine groups is 2. The highest BCUT2D eigenvalue weighted by Crippen LogP contribution is 2.44. The molecule has 10 nitrogen and oxygen atoms in total. The number of carbonyl (C=O) groups excluding carboxylic acids is 1. The Labute approximate surface area is 165 Å². The minimum atomic E-state index is -5.03. The molecule has 0 saturated carbocycles. The van der Waals surface area contributed by atoms with Gasteiger partial charge in [-0.05, 0) is 36.4 Å². The highest BCUT2D eigenvalue weighted by atomic mass is 35.5. The lowest BCUT2D eigenvalue weighted by molar-refractivity contribution is -0.698. The predicted octanol–water partition coefficient (Wildman–Crippen LogP) is 2.10. The van der Waals surface area contributed by atoms with E-state index >= 15 is 0 Å². The van der Waals surface area contributed by atoms with Crippen LogP contribution in [0.4, 0.5) is 16.2 Å². The van der Waals surface area contributed by atoms with Gasteiger partial charge in [0, 0.05) is 16.3 Å². The van der Waals surface area contributed by atoms with Gasteiger partial charge in [-0.3, -0.25) is 9.87 Å². The number of amides is 2. The van der Waals surface area contributed by atoms with Crippen LogP contribution in [0.5, 0.6) is 0 Å². The van der Waals surface area contributed by atoms with Crippen molar-refractivity contribution >= 4 is 49.1 Å². The van der Waals surface area contributed by atoms with Crippen LogP contribution in [-0.4, -0.2) is 37.2 Å². The van der Waals surface area contributed by atoms with Crippen molar-refractivity contribution in [3.8, 4) is 0 Å². The molecule has 0 spiro atoms. The Bertz CT molecular complexity index is 1180. The number of carbonyl (C=O) groups is 1. The molecule has 1 aliphatic heterocycles. The summed E-state index contributed by atoms with van der Waals surface area (Å²) in [6.07, 6.45) is 0. The van der Waals surface area contributed by atoms with Crippen LogP contribution >= 0.6 is 11.6 Å². The molecule has 2 amide bonds. The number of nitrogens with zero attached hydrogens (tertiary/aromatic N) is 1. The summed E-state index contributed by atoms with van der Waals surface area (Å²) >= 11 is 5.85. The number of rotatable bonds is 4. The molecular weight excluding hydrogens is 434 g/mol. The van der Waals surface area contributed by atoms with E-state index in [1.807, 2.05) is 0 Å². The van der Waals surface area contributed by atoms with E-state index in [4.69, 9.17) is 17.3 Å². The topological polar surface area (TPSA) is 167 Å². The van der Waals surface area contributed by atoms with Crippen LogP contribution in [-0.2, 0) is 20.1 Å². The highest BCUT2D eigenvalue weighted by molar-refractivity contribution is 7.87. The number of urea groups is 1. The van der Waals surface area contributed by atoms with Gasteiger partial charge in [0.25, 0.3) is 10.1 Å². The van der Waals surface area contributed by atoms with Crippen LogP contribution in [0.3, 0.4) is 0 Å². The number of anilines is 2. The van der Waals surface area contributed by atoms with Gasteiger partial charge in [-0.15, -0.1) is 0 Å². The van der Waals surface area contributed by atoms with Crippen molar-refractivity contribution in [3.05, 3.63) is 58.3 Å². The van der Waals surface area contributed by atoms with E-state index in [0.29, 0.717) is 0 Å². The van der Waals surface area contributed by atoms with Gasteiger partial charge in [0.15, 0.2) is 6.04 Å². The van der Waals surface area contributed by atoms with E-state index in [1.165, 1.54) is 30.3 Å². The third-order valence-electron chi connectivity index (χ3n) is 4.19. The van der Waals surface area contributed by atoms with Crippen molar-refractivity contribution in [2.75, 3.05) is 16.8 Å². The lowest BCUT2D eigenvalue weighted by Gasteiger charge is -2.45. The Morgan fingerprint density at radius 2 is 1.86 bits per heavy atom. The zero-order chi connectivity index (χ0) is 20.9. The summed E-state index contributed by atoms with van der Waals surface area (Å²) in [4.78, 5) is 12.0. The molecule has 28 heavy (non-hydrogen) atoms. The molecule has 0 fully saturated rings. The van der Waals surface area contributed by atoms with Crippen molar-refractivity contribution in [1.82, 2.24) is 0 Å². The quantitative estimate of drug-likeness (QED) is 0.277. The molecule has 13 heteroatoms. The summed E-state index contributed by atoms with van der Waals surface area (Å²) in [5.74, 6) is -1.31. The monoisotopic (exact) mass is 447 g/mol. The number of nitrogens with one attached hydrogen (secondary N) is 1. The Kier molecular flexibility index (Phi) is 4.90. The third-order valence-corrected chi connectivity index (χ3v) is 7.15. The maximum Gasteiger partial charge on any atom is 0.437 e. The van der Waals surface area contributed by atoms with Gasteiger partial charge in [0.1, 0.15) is 10.6 Å². The Morgan fingerprint density at radius 3 is 2.46 bits per heavy atom. The normalized spacial score (nSPS) is 22.4. The molecule has 0 saturated heterocycles. The van der Waals surface area contributed by atoms with Gasteiger partial charge >= 0.3 is 16.1 Å². The number of fused-ring (bicyclic) bond motifs is 1. The van der Waals surface area contributed by atoms with Crippen LogP contribution in [0.1, 0.15) is 11.6 Å². The molecule has 1 aliphatic rings. The summed E-state index contributed by atoms with van der Waals surface area (Å²) in [5, 5.41) is 15.8. The van der Waals surface area contributed by atoms with Gasteiger partial charge in [0.2, 0.25) is 0 Å². The summed E-state index contributed by atoms with van der Waals surface area (Å²) in [5.41, 5.74) is 5.45. The number of hydrogen-bond donors (Lipinski definition) is 3. The van der Waals surface area contributed by atoms with Gasteiger partial charge in [-0.25, -0.2) is 4.79 Å². The summed E-state index contributed by atoms with van der Waals surface area (Å²) in [6.45, 7) is 0. The average molecular weight is 448 g/mol. The van der Waals surface area contributed by atoms with E-state index in [0.717, 1.165) is 12.1 Å². The maximum absolute atomic E-state index is 13.5. The van der Waals surface area contributed by atoms with E-state index in [-0.39, 0.29) is 22.0 Å². The standard InChI is InChI=1S/C15H14ClN3O7S2/c16-9-4-5-12-13(6-9)18-15(20)19(21,14(12)8-27(22,23)24)28(25,26)11-3-1-2-10(17)7-11/h1-7,14H,8,17H2,(H,18,20)(H,22,23,24). The Hall–Kier alpha value is -2.22. The molecule has 0 bridgehead atoms. The van der Waals surface area contributed by atoms with E-state index < -0.39 is 46.9 Å². The summed E-state index contributed by atoms with van der Waals surface area (Å²) in [7, 11) is -9.87. The van der Waals surface area contributed by atoms with Crippen LogP contribution in [0.25, 0.3) is 0 Å². The molecule has 2 atom stereocenters. The second kappa shape index (κ2) is 6.69. The molecule has 2 aromatic rings. The lowest BCUT2D eigenvalue weighted by Crippen LogP contribution is -2.60. The fourth-order valence-corrected chi connectivity index (χ4v) is 5.63. The smallest absolute Gasteiger partial charge is 0.437 e. The van der Waals surface area contributed by atoms with Crippen LogP contribution in [0.15, 0.2) is 47.4 Å². The highest BCUT2D eigenvalue weighted by Gasteiger charge is 2.54. The fourth-order valence-electron chi connectivity index (χ4n) is 2.94. The first-order valence-electron chi connectivity index (χ1n) is 7.63. The first-order chi connectivity index (χ1) is 12.9. The molecule has 2 aromatic carbocycles. The Morgan fingerprint density at radius 1 is 1.18 bits per heavy atom. The molecule has 150 valence electrons. The minimum absolute atomic E-state index is 0.0172.